The monoisotopic (exact) mass is 441 g/mol. The number of carbonyl (C=O) groups is 1. The van der Waals surface area contributed by atoms with Crippen molar-refractivity contribution in [2.75, 3.05) is 27.4 Å². The van der Waals surface area contributed by atoms with Gasteiger partial charge in [0.1, 0.15) is 17.2 Å². The fraction of sp³-hybridized carbons (Fsp3) is 0.278. The van der Waals surface area contributed by atoms with E-state index in [0.29, 0.717) is 18.7 Å². The summed E-state index contributed by atoms with van der Waals surface area (Å²) in [5, 5.41) is 2.84. The topological polar surface area (TPSA) is 56.8 Å². The Bertz CT molecular complexity index is 673. The molecule has 0 atom stereocenters. The van der Waals surface area contributed by atoms with Crippen LogP contribution in [0.2, 0.25) is 0 Å². The van der Waals surface area contributed by atoms with Crippen LogP contribution in [0.15, 0.2) is 42.5 Å². The van der Waals surface area contributed by atoms with E-state index in [0.717, 1.165) is 20.6 Å². The first-order valence-corrected chi connectivity index (χ1v) is 8.56. The number of halogens is 1. The maximum Gasteiger partial charge on any atom is 0.257 e. The van der Waals surface area contributed by atoms with E-state index in [1.807, 2.05) is 42.5 Å². The first kappa shape index (κ1) is 18.4. The molecule has 0 saturated heterocycles. The smallest absolute Gasteiger partial charge is 0.257 e. The lowest BCUT2D eigenvalue weighted by molar-refractivity contribution is -0.123. The number of carbonyl (C=O) groups excluding carboxylic acids is 1. The Kier molecular flexibility index (Phi) is 7.17. The SMILES string of the molecule is COc1ccc(OC)c(CCNC(=O)COc2ccc(I)cc2)c1. The molecule has 2 aromatic carbocycles. The van der Waals surface area contributed by atoms with Gasteiger partial charge in [-0.15, -0.1) is 0 Å². The Labute approximate surface area is 155 Å². The quantitative estimate of drug-likeness (QED) is 0.640. The van der Waals surface area contributed by atoms with Gasteiger partial charge in [0.15, 0.2) is 6.61 Å². The van der Waals surface area contributed by atoms with E-state index in [9.17, 15) is 4.79 Å². The molecular formula is C18H20INO4. The van der Waals surface area contributed by atoms with Crippen molar-refractivity contribution in [3.63, 3.8) is 0 Å². The molecule has 0 bridgehead atoms. The lowest BCUT2D eigenvalue weighted by atomic mass is 10.1. The highest BCUT2D eigenvalue weighted by molar-refractivity contribution is 14.1. The molecular weight excluding hydrogens is 421 g/mol. The van der Waals surface area contributed by atoms with Crippen molar-refractivity contribution in [2.24, 2.45) is 0 Å². The first-order chi connectivity index (χ1) is 11.6. The van der Waals surface area contributed by atoms with Gasteiger partial charge in [0.25, 0.3) is 5.91 Å². The summed E-state index contributed by atoms with van der Waals surface area (Å²) in [5.41, 5.74) is 0.982. The van der Waals surface area contributed by atoms with Crippen LogP contribution in [0.3, 0.4) is 0 Å². The van der Waals surface area contributed by atoms with Gasteiger partial charge >= 0.3 is 0 Å². The number of amides is 1. The highest BCUT2D eigenvalue weighted by Gasteiger charge is 2.07. The van der Waals surface area contributed by atoms with Crippen LogP contribution in [0.5, 0.6) is 17.2 Å². The van der Waals surface area contributed by atoms with Crippen LogP contribution < -0.4 is 19.5 Å². The van der Waals surface area contributed by atoms with Gasteiger partial charge in [0.05, 0.1) is 14.2 Å². The Morgan fingerprint density at radius 2 is 1.75 bits per heavy atom. The number of hydrogen-bond acceptors (Lipinski definition) is 4. The van der Waals surface area contributed by atoms with Gasteiger partial charge in [-0.25, -0.2) is 0 Å². The zero-order valence-electron chi connectivity index (χ0n) is 13.7. The molecule has 5 nitrogen and oxygen atoms in total. The maximum atomic E-state index is 11.9. The van der Waals surface area contributed by atoms with E-state index in [1.165, 1.54) is 0 Å². The van der Waals surface area contributed by atoms with Crippen LogP contribution in [0, 0.1) is 3.57 Å². The minimum Gasteiger partial charge on any atom is -0.497 e. The van der Waals surface area contributed by atoms with Crippen molar-refractivity contribution in [3.05, 3.63) is 51.6 Å². The highest BCUT2D eigenvalue weighted by Crippen LogP contribution is 2.24. The molecule has 0 aromatic heterocycles. The van der Waals surface area contributed by atoms with Crippen LogP contribution in [-0.4, -0.2) is 33.3 Å². The van der Waals surface area contributed by atoms with Crippen molar-refractivity contribution in [3.8, 4) is 17.2 Å². The van der Waals surface area contributed by atoms with Gasteiger partial charge in [0, 0.05) is 10.1 Å². The molecule has 0 spiro atoms. The second kappa shape index (κ2) is 9.36. The minimum atomic E-state index is -0.157. The second-order valence-electron chi connectivity index (χ2n) is 5.02. The van der Waals surface area contributed by atoms with Gasteiger partial charge in [-0.3, -0.25) is 4.79 Å². The predicted octanol–water partition coefficient (Wildman–Crippen LogP) is 3.05. The average molecular weight is 441 g/mol. The van der Waals surface area contributed by atoms with Gasteiger partial charge in [-0.1, -0.05) is 0 Å². The standard InChI is InChI=1S/C18H20INO4/c1-22-16-7-8-17(23-2)13(11-16)9-10-20-18(21)12-24-15-5-3-14(19)4-6-15/h3-8,11H,9-10,12H2,1-2H3,(H,20,21). The molecule has 0 radical (unpaired) electrons. The Hall–Kier alpha value is -1.96. The van der Waals surface area contributed by atoms with E-state index in [-0.39, 0.29) is 12.5 Å². The summed E-state index contributed by atoms with van der Waals surface area (Å²) >= 11 is 2.22. The normalized spacial score (nSPS) is 10.1. The van der Waals surface area contributed by atoms with Gasteiger partial charge in [0.2, 0.25) is 0 Å². The van der Waals surface area contributed by atoms with E-state index in [4.69, 9.17) is 14.2 Å². The third kappa shape index (κ3) is 5.59. The molecule has 0 saturated carbocycles. The second-order valence-corrected chi connectivity index (χ2v) is 6.27. The largest absolute Gasteiger partial charge is 0.497 e. The third-order valence-corrected chi connectivity index (χ3v) is 4.11. The molecule has 6 heteroatoms. The Balaban J connectivity index is 1.79. The van der Waals surface area contributed by atoms with Crippen molar-refractivity contribution in [1.29, 1.82) is 0 Å². The summed E-state index contributed by atoms with van der Waals surface area (Å²) in [7, 11) is 3.24. The van der Waals surface area contributed by atoms with E-state index >= 15 is 0 Å². The zero-order chi connectivity index (χ0) is 17.4. The van der Waals surface area contributed by atoms with E-state index in [2.05, 4.69) is 27.9 Å². The predicted molar refractivity (Wildman–Crippen MR) is 101 cm³/mol. The lowest BCUT2D eigenvalue weighted by Crippen LogP contribution is -2.30. The third-order valence-electron chi connectivity index (χ3n) is 3.39. The molecule has 2 rings (SSSR count). The molecule has 0 aliphatic carbocycles. The molecule has 1 amide bonds. The molecule has 0 aliphatic rings. The molecule has 0 aliphatic heterocycles. The molecule has 2 aromatic rings. The fourth-order valence-corrected chi connectivity index (χ4v) is 2.50. The van der Waals surface area contributed by atoms with Crippen molar-refractivity contribution in [2.45, 2.75) is 6.42 Å². The highest BCUT2D eigenvalue weighted by atomic mass is 127. The Morgan fingerprint density at radius 1 is 1.04 bits per heavy atom. The van der Waals surface area contributed by atoms with Gasteiger partial charge < -0.3 is 19.5 Å². The Morgan fingerprint density at radius 3 is 2.42 bits per heavy atom. The van der Waals surface area contributed by atoms with E-state index < -0.39 is 0 Å². The van der Waals surface area contributed by atoms with Crippen LogP contribution in [0.4, 0.5) is 0 Å². The van der Waals surface area contributed by atoms with Gasteiger partial charge in [-0.05, 0) is 77.0 Å². The number of nitrogens with one attached hydrogen (secondary N) is 1. The zero-order valence-corrected chi connectivity index (χ0v) is 15.8. The summed E-state index contributed by atoms with van der Waals surface area (Å²) in [5.74, 6) is 2.06. The molecule has 128 valence electrons. The van der Waals surface area contributed by atoms with Crippen molar-refractivity contribution >= 4 is 28.5 Å². The molecule has 0 unspecified atom stereocenters. The number of hydrogen-bond donors (Lipinski definition) is 1. The molecule has 24 heavy (non-hydrogen) atoms. The summed E-state index contributed by atoms with van der Waals surface area (Å²) in [6, 6.07) is 13.2. The summed E-state index contributed by atoms with van der Waals surface area (Å²) in [6.45, 7) is 0.494. The maximum absolute atomic E-state index is 11.9. The van der Waals surface area contributed by atoms with Crippen LogP contribution in [0.25, 0.3) is 0 Å². The molecule has 1 N–H and O–H groups in total. The molecule has 0 heterocycles. The number of ether oxygens (including phenoxy) is 3. The van der Waals surface area contributed by atoms with Crippen LogP contribution in [0.1, 0.15) is 5.56 Å². The first-order valence-electron chi connectivity index (χ1n) is 7.48. The van der Waals surface area contributed by atoms with Crippen LogP contribution >= 0.6 is 22.6 Å². The number of methoxy groups -OCH3 is 2. The van der Waals surface area contributed by atoms with Crippen molar-refractivity contribution < 1.29 is 19.0 Å². The average Bonchev–Trinajstić information content (AvgIpc) is 2.61. The molecule has 0 fully saturated rings. The van der Waals surface area contributed by atoms with Crippen molar-refractivity contribution in [1.82, 2.24) is 5.32 Å². The summed E-state index contributed by atoms with van der Waals surface area (Å²) < 4.78 is 17.1. The minimum absolute atomic E-state index is 0.00413. The summed E-state index contributed by atoms with van der Waals surface area (Å²) in [4.78, 5) is 11.9. The lowest BCUT2D eigenvalue weighted by Gasteiger charge is -2.11. The van der Waals surface area contributed by atoms with Gasteiger partial charge in [-0.2, -0.15) is 0 Å². The van der Waals surface area contributed by atoms with Crippen LogP contribution in [-0.2, 0) is 11.2 Å². The fourth-order valence-electron chi connectivity index (χ4n) is 2.14. The number of rotatable bonds is 8. The van der Waals surface area contributed by atoms with E-state index in [1.54, 1.807) is 14.2 Å². The number of benzene rings is 2. The summed E-state index contributed by atoms with van der Waals surface area (Å²) in [6.07, 6.45) is 0.648.